The molecule has 4 heteroatoms. The van der Waals surface area contributed by atoms with E-state index >= 15 is 0 Å². The van der Waals surface area contributed by atoms with Crippen LogP contribution in [0.25, 0.3) is 5.69 Å². The minimum Gasteiger partial charge on any atom is -0.330 e. The Kier molecular flexibility index (Phi) is 3.64. The number of nitrogens with zero attached hydrogens (tertiary/aromatic N) is 2. The Hall–Kier alpha value is -1.13. The number of aryl methyl sites for hydroxylation is 2. The normalized spacial score (nSPS) is 10.8. The van der Waals surface area contributed by atoms with E-state index in [1.165, 1.54) is 5.56 Å². The summed E-state index contributed by atoms with van der Waals surface area (Å²) >= 11 is 3.58. The van der Waals surface area contributed by atoms with Gasteiger partial charge in [-0.2, -0.15) is 5.10 Å². The van der Waals surface area contributed by atoms with Crippen molar-refractivity contribution < 1.29 is 0 Å². The molecule has 0 radical (unpaired) electrons. The number of rotatable bonds is 3. The van der Waals surface area contributed by atoms with Crippen LogP contribution in [0.15, 0.2) is 28.7 Å². The van der Waals surface area contributed by atoms with E-state index in [0.717, 1.165) is 28.0 Å². The number of halogens is 1. The Balaban J connectivity index is 2.45. The van der Waals surface area contributed by atoms with Gasteiger partial charge in [0.15, 0.2) is 0 Å². The molecule has 0 saturated heterocycles. The van der Waals surface area contributed by atoms with Crippen molar-refractivity contribution in [1.82, 2.24) is 9.78 Å². The predicted octanol–water partition coefficient (Wildman–Crippen LogP) is 2.75. The lowest BCUT2D eigenvalue weighted by atomic mass is 10.2. The standard InChI is InChI=1S/C13H16BrN3/c1-9-3-4-13(12(14)7-9)17-10(2)8-11(16-17)5-6-15/h3-4,7-8H,5-6,15H2,1-2H3. The summed E-state index contributed by atoms with van der Waals surface area (Å²) in [5.41, 5.74) is 10.0. The van der Waals surface area contributed by atoms with Crippen LogP contribution < -0.4 is 5.73 Å². The van der Waals surface area contributed by atoms with Crippen LogP contribution in [0.2, 0.25) is 0 Å². The number of nitrogens with two attached hydrogens (primary N) is 1. The van der Waals surface area contributed by atoms with Crippen molar-refractivity contribution in [2.75, 3.05) is 6.54 Å². The fourth-order valence-electron chi connectivity index (χ4n) is 1.84. The first-order chi connectivity index (χ1) is 8.11. The van der Waals surface area contributed by atoms with Crippen LogP contribution in [0.4, 0.5) is 0 Å². The van der Waals surface area contributed by atoms with Crippen LogP contribution in [-0.2, 0) is 6.42 Å². The minimum atomic E-state index is 0.630. The quantitative estimate of drug-likeness (QED) is 0.946. The minimum absolute atomic E-state index is 0.630. The monoisotopic (exact) mass is 293 g/mol. The largest absolute Gasteiger partial charge is 0.330 e. The second-order valence-corrected chi connectivity index (χ2v) is 5.04. The van der Waals surface area contributed by atoms with Crippen molar-refractivity contribution in [2.45, 2.75) is 20.3 Å². The third-order valence-corrected chi connectivity index (χ3v) is 3.31. The van der Waals surface area contributed by atoms with Gasteiger partial charge in [0.05, 0.1) is 11.4 Å². The summed E-state index contributed by atoms with van der Waals surface area (Å²) in [6.07, 6.45) is 0.817. The molecule has 90 valence electrons. The molecule has 0 amide bonds. The molecule has 0 aliphatic rings. The molecule has 0 atom stereocenters. The summed E-state index contributed by atoms with van der Waals surface area (Å²) in [6, 6.07) is 8.34. The van der Waals surface area contributed by atoms with Crippen molar-refractivity contribution in [1.29, 1.82) is 0 Å². The molecule has 1 aromatic heterocycles. The van der Waals surface area contributed by atoms with Crippen LogP contribution in [-0.4, -0.2) is 16.3 Å². The van der Waals surface area contributed by atoms with E-state index in [1.807, 2.05) is 4.68 Å². The molecule has 2 rings (SSSR count). The number of benzene rings is 1. The second-order valence-electron chi connectivity index (χ2n) is 4.18. The predicted molar refractivity (Wildman–Crippen MR) is 73.5 cm³/mol. The summed E-state index contributed by atoms with van der Waals surface area (Å²) in [5, 5.41) is 4.57. The highest BCUT2D eigenvalue weighted by atomic mass is 79.9. The zero-order valence-electron chi connectivity index (χ0n) is 10.1. The molecule has 0 unspecified atom stereocenters. The van der Waals surface area contributed by atoms with Gasteiger partial charge in [0.2, 0.25) is 0 Å². The van der Waals surface area contributed by atoms with E-state index in [9.17, 15) is 0 Å². The fraction of sp³-hybridized carbons (Fsp3) is 0.308. The molecule has 3 nitrogen and oxygen atoms in total. The van der Waals surface area contributed by atoms with E-state index in [-0.39, 0.29) is 0 Å². The topological polar surface area (TPSA) is 43.8 Å². The first-order valence-electron chi connectivity index (χ1n) is 5.64. The van der Waals surface area contributed by atoms with E-state index in [4.69, 9.17) is 5.73 Å². The van der Waals surface area contributed by atoms with Crippen molar-refractivity contribution >= 4 is 15.9 Å². The van der Waals surface area contributed by atoms with Crippen LogP contribution in [0.3, 0.4) is 0 Å². The smallest absolute Gasteiger partial charge is 0.0790 e. The van der Waals surface area contributed by atoms with Crippen LogP contribution in [0.1, 0.15) is 17.0 Å². The molecule has 0 spiro atoms. The van der Waals surface area contributed by atoms with Crippen LogP contribution in [0.5, 0.6) is 0 Å². The van der Waals surface area contributed by atoms with Crippen molar-refractivity contribution in [3.05, 3.63) is 45.7 Å². The average molecular weight is 294 g/mol. The molecular formula is C13H16BrN3. The molecule has 0 aliphatic heterocycles. The van der Waals surface area contributed by atoms with Gasteiger partial charge in [-0.05, 0) is 60.1 Å². The van der Waals surface area contributed by atoms with Gasteiger partial charge in [0.25, 0.3) is 0 Å². The van der Waals surface area contributed by atoms with E-state index in [1.54, 1.807) is 0 Å². The van der Waals surface area contributed by atoms with Gasteiger partial charge in [0.1, 0.15) is 0 Å². The lowest BCUT2D eigenvalue weighted by molar-refractivity contribution is 0.801. The van der Waals surface area contributed by atoms with Gasteiger partial charge in [-0.15, -0.1) is 0 Å². The average Bonchev–Trinajstić information content (AvgIpc) is 2.60. The maximum absolute atomic E-state index is 5.55. The van der Waals surface area contributed by atoms with Crippen LogP contribution >= 0.6 is 15.9 Å². The number of hydrogen-bond donors (Lipinski definition) is 1. The maximum atomic E-state index is 5.55. The first-order valence-corrected chi connectivity index (χ1v) is 6.43. The van der Waals surface area contributed by atoms with E-state index < -0.39 is 0 Å². The molecule has 17 heavy (non-hydrogen) atoms. The Morgan fingerprint density at radius 3 is 2.71 bits per heavy atom. The van der Waals surface area contributed by atoms with Crippen molar-refractivity contribution in [2.24, 2.45) is 5.73 Å². The van der Waals surface area contributed by atoms with E-state index in [2.05, 4.69) is 59.1 Å². The first kappa shape index (κ1) is 12.3. The van der Waals surface area contributed by atoms with E-state index in [0.29, 0.717) is 6.54 Å². The molecule has 0 aliphatic carbocycles. The lowest BCUT2D eigenvalue weighted by Gasteiger charge is -2.07. The highest BCUT2D eigenvalue weighted by molar-refractivity contribution is 9.10. The van der Waals surface area contributed by atoms with Gasteiger partial charge >= 0.3 is 0 Å². The number of hydrogen-bond acceptors (Lipinski definition) is 2. The summed E-state index contributed by atoms with van der Waals surface area (Å²) in [4.78, 5) is 0. The van der Waals surface area contributed by atoms with Gasteiger partial charge in [-0.1, -0.05) is 6.07 Å². The molecular weight excluding hydrogens is 278 g/mol. The Morgan fingerprint density at radius 2 is 2.06 bits per heavy atom. The SMILES string of the molecule is Cc1ccc(-n2nc(CCN)cc2C)c(Br)c1. The molecule has 0 fully saturated rings. The van der Waals surface area contributed by atoms with Gasteiger partial charge in [-0.3, -0.25) is 0 Å². The zero-order chi connectivity index (χ0) is 12.4. The fourth-order valence-corrected chi connectivity index (χ4v) is 2.50. The summed E-state index contributed by atoms with van der Waals surface area (Å²) in [5.74, 6) is 0. The van der Waals surface area contributed by atoms with Crippen LogP contribution in [0, 0.1) is 13.8 Å². The molecule has 2 N–H and O–H groups in total. The van der Waals surface area contributed by atoms with Gasteiger partial charge in [0, 0.05) is 16.6 Å². The number of aromatic nitrogens is 2. The molecule has 0 saturated carbocycles. The maximum Gasteiger partial charge on any atom is 0.0790 e. The Labute approximate surface area is 110 Å². The lowest BCUT2D eigenvalue weighted by Crippen LogP contribution is -2.05. The molecule has 0 bridgehead atoms. The highest BCUT2D eigenvalue weighted by Crippen LogP contribution is 2.23. The summed E-state index contributed by atoms with van der Waals surface area (Å²) in [6.45, 7) is 4.76. The molecule has 1 heterocycles. The van der Waals surface area contributed by atoms with Crippen molar-refractivity contribution in [3.8, 4) is 5.69 Å². The zero-order valence-corrected chi connectivity index (χ0v) is 11.7. The summed E-state index contributed by atoms with van der Waals surface area (Å²) in [7, 11) is 0. The Morgan fingerprint density at radius 1 is 1.29 bits per heavy atom. The third kappa shape index (κ3) is 2.58. The Bertz CT molecular complexity index is 531. The molecule has 2 aromatic rings. The van der Waals surface area contributed by atoms with Gasteiger partial charge in [-0.25, -0.2) is 4.68 Å². The summed E-state index contributed by atoms with van der Waals surface area (Å²) < 4.78 is 3.01. The molecule has 1 aromatic carbocycles. The third-order valence-electron chi connectivity index (χ3n) is 2.67. The van der Waals surface area contributed by atoms with Crippen molar-refractivity contribution in [3.63, 3.8) is 0 Å². The highest BCUT2D eigenvalue weighted by Gasteiger charge is 2.08. The second kappa shape index (κ2) is 5.02. The van der Waals surface area contributed by atoms with Gasteiger partial charge < -0.3 is 5.73 Å².